The van der Waals surface area contributed by atoms with Gasteiger partial charge < -0.3 is 10.6 Å². The monoisotopic (exact) mass is 260 g/mol. The Morgan fingerprint density at radius 3 is 2.69 bits per heavy atom. The molecule has 0 aliphatic carbocycles. The summed E-state index contributed by atoms with van der Waals surface area (Å²) in [6, 6.07) is 5.11. The van der Waals surface area contributed by atoms with Gasteiger partial charge in [-0.3, -0.25) is 4.21 Å². The van der Waals surface area contributed by atoms with Crippen LogP contribution in [0.4, 0.5) is 5.69 Å². The highest BCUT2D eigenvalue weighted by molar-refractivity contribution is 7.85. The summed E-state index contributed by atoms with van der Waals surface area (Å²) >= 11 is 5.98. The summed E-state index contributed by atoms with van der Waals surface area (Å²) < 4.78 is 11.9. The number of hydrogen-bond donors (Lipinski definition) is 1. The highest BCUT2D eigenvalue weighted by Gasteiger charge is 2.08. The summed E-state index contributed by atoms with van der Waals surface area (Å²) in [5, 5.41) is 0.489. The second-order valence-corrected chi connectivity index (χ2v) is 5.84. The molecule has 0 spiro atoms. The number of nitrogen functional groups attached to an aromatic ring is 1. The van der Waals surface area contributed by atoms with E-state index in [1.54, 1.807) is 18.2 Å². The summed E-state index contributed by atoms with van der Waals surface area (Å²) in [6.45, 7) is 0.929. The minimum absolute atomic E-state index is 0.489. The maximum absolute atomic E-state index is 11.9. The molecular weight excluding hydrogens is 244 g/mol. The molecule has 0 bridgehead atoms. The number of nitrogens with two attached hydrogens (primary N) is 1. The zero-order chi connectivity index (χ0) is 12.1. The van der Waals surface area contributed by atoms with Crippen molar-refractivity contribution in [1.82, 2.24) is 4.90 Å². The molecule has 3 nitrogen and oxygen atoms in total. The van der Waals surface area contributed by atoms with Crippen molar-refractivity contribution in [3.05, 3.63) is 23.2 Å². The number of nitrogens with zero attached hydrogens (tertiary/aromatic N) is 1. The molecule has 0 radical (unpaired) electrons. The lowest BCUT2D eigenvalue weighted by atomic mass is 10.3. The molecule has 0 saturated heterocycles. The average molecular weight is 261 g/mol. The summed E-state index contributed by atoms with van der Waals surface area (Å²) in [5.74, 6) is 0.627. The van der Waals surface area contributed by atoms with E-state index in [1.165, 1.54) is 0 Å². The minimum Gasteiger partial charge on any atom is -0.399 e. The summed E-state index contributed by atoms with van der Waals surface area (Å²) in [6.07, 6.45) is 0.889. The molecule has 0 heterocycles. The first kappa shape index (κ1) is 13.5. The zero-order valence-electron chi connectivity index (χ0n) is 9.57. The number of hydrogen-bond acceptors (Lipinski definition) is 3. The van der Waals surface area contributed by atoms with Crippen molar-refractivity contribution in [1.29, 1.82) is 0 Å². The predicted molar refractivity (Wildman–Crippen MR) is 70.3 cm³/mol. The van der Waals surface area contributed by atoms with E-state index in [1.807, 2.05) is 14.1 Å². The first-order valence-corrected chi connectivity index (χ1v) is 6.78. The van der Waals surface area contributed by atoms with Gasteiger partial charge in [0.15, 0.2) is 0 Å². The molecule has 0 aliphatic heterocycles. The summed E-state index contributed by atoms with van der Waals surface area (Å²) in [5.41, 5.74) is 6.17. The lowest BCUT2D eigenvalue weighted by Gasteiger charge is -2.09. The van der Waals surface area contributed by atoms with Crippen molar-refractivity contribution < 1.29 is 4.21 Å². The van der Waals surface area contributed by atoms with E-state index in [0.717, 1.165) is 13.0 Å². The minimum atomic E-state index is -1.03. The molecule has 5 heteroatoms. The molecule has 2 N–H and O–H groups in total. The molecule has 0 aliphatic rings. The van der Waals surface area contributed by atoms with E-state index in [9.17, 15) is 4.21 Å². The van der Waals surface area contributed by atoms with Gasteiger partial charge in [-0.1, -0.05) is 11.6 Å². The molecule has 1 aromatic rings. The molecule has 0 aromatic heterocycles. The van der Waals surface area contributed by atoms with Gasteiger partial charge in [0.05, 0.1) is 20.7 Å². The normalized spacial score (nSPS) is 13.0. The molecule has 90 valence electrons. The maximum Gasteiger partial charge on any atom is 0.0587 e. The number of halogens is 1. The number of benzene rings is 1. The lowest BCUT2D eigenvalue weighted by Crippen LogP contribution is -2.15. The van der Waals surface area contributed by atoms with Crippen LogP contribution in [0.3, 0.4) is 0 Å². The van der Waals surface area contributed by atoms with Crippen molar-refractivity contribution in [2.45, 2.75) is 11.3 Å². The zero-order valence-corrected chi connectivity index (χ0v) is 11.1. The fraction of sp³-hybridized carbons (Fsp3) is 0.455. The Bertz CT molecular complexity index is 382. The van der Waals surface area contributed by atoms with Gasteiger partial charge in [0.25, 0.3) is 0 Å². The third-order valence-corrected chi connectivity index (χ3v) is 4.07. The SMILES string of the molecule is CN(C)CCCS(=O)c1ccc(N)cc1Cl. The topological polar surface area (TPSA) is 46.3 Å². The van der Waals surface area contributed by atoms with Crippen LogP contribution in [0.5, 0.6) is 0 Å². The van der Waals surface area contributed by atoms with Crippen LogP contribution in [0, 0.1) is 0 Å². The molecule has 0 fully saturated rings. The van der Waals surface area contributed by atoms with Gasteiger partial charge in [-0.2, -0.15) is 0 Å². The first-order valence-electron chi connectivity index (χ1n) is 5.09. The highest BCUT2D eigenvalue weighted by Crippen LogP contribution is 2.22. The van der Waals surface area contributed by atoms with E-state index in [0.29, 0.717) is 21.4 Å². The van der Waals surface area contributed by atoms with E-state index in [2.05, 4.69) is 4.90 Å². The Hall–Kier alpha value is -0.580. The Kier molecular flexibility index (Phi) is 5.25. The maximum atomic E-state index is 11.9. The molecule has 0 amide bonds. The molecular formula is C11H17ClN2OS. The van der Waals surface area contributed by atoms with E-state index in [4.69, 9.17) is 17.3 Å². The third kappa shape index (κ3) is 4.12. The summed E-state index contributed by atoms with van der Waals surface area (Å²) in [7, 11) is 2.96. The quantitative estimate of drug-likeness (QED) is 0.824. The van der Waals surface area contributed by atoms with Gasteiger partial charge in [0.2, 0.25) is 0 Å². The van der Waals surface area contributed by atoms with Crippen LogP contribution < -0.4 is 5.73 Å². The van der Waals surface area contributed by atoms with Crippen LogP contribution in [-0.2, 0) is 10.8 Å². The van der Waals surface area contributed by atoms with Crippen LogP contribution in [0.1, 0.15) is 6.42 Å². The fourth-order valence-corrected chi connectivity index (χ4v) is 2.88. The van der Waals surface area contributed by atoms with Gasteiger partial charge in [-0.25, -0.2) is 0 Å². The smallest absolute Gasteiger partial charge is 0.0587 e. The third-order valence-electron chi connectivity index (χ3n) is 2.14. The largest absolute Gasteiger partial charge is 0.399 e. The van der Waals surface area contributed by atoms with Gasteiger partial charge >= 0.3 is 0 Å². The molecule has 0 saturated carbocycles. The van der Waals surface area contributed by atoms with Crippen molar-refractivity contribution in [2.75, 3.05) is 32.1 Å². The van der Waals surface area contributed by atoms with Crippen LogP contribution in [0.25, 0.3) is 0 Å². The number of anilines is 1. The second-order valence-electron chi connectivity index (χ2n) is 3.90. The lowest BCUT2D eigenvalue weighted by molar-refractivity contribution is 0.409. The van der Waals surface area contributed by atoms with E-state index in [-0.39, 0.29) is 0 Å². The van der Waals surface area contributed by atoms with Crippen LogP contribution in [-0.4, -0.2) is 35.5 Å². The number of rotatable bonds is 5. The van der Waals surface area contributed by atoms with Crippen molar-refractivity contribution in [2.24, 2.45) is 0 Å². The first-order chi connectivity index (χ1) is 7.50. The van der Waals surface area contributed by atoms with Crippen molar-refractivity contribution in [3.8, 4) is 0 Å². The molecule has 1 aromatic carbocycles. The Labute approximate surface area is 104 Å². The Morgan fingerprint density at radius 1 is 1.44 bits per heavy atom. The van der Waals surface area contributed by atoms with E-state index >= 15 is 0 Å². The van der Waals surface area contributed by atoms with Crippen molar-refractivity contribution >= 4 is 28.1 Å². The van der Waals surface area contributed by atoms with Crippen molar-refractivity contribution in [3.63, 3.8) is 0 Å². The van der Waals surface area contributed by atoms with Gasteiger partial charge in [0.1, 0.15) is 0 Å². The summed E-state index contributed by atoms with van der Waals surface area (Å²) in [4.78, 5) is 2.75. The molecule has 1 rings (SSSR count). The average Bonchev–Trinajstić information content (AvgIpc) is 2.16. The molecule has 1 unspecified atom stereocenters. The molecule has 16 heavy (non-hydrogen) atoms. The Balaban J connectivity index is 2.59. The van der Waals surface area contributed by atoms with Crippen LogP contribution >= 0.6 is 11.6 Å². The second kappa shape index (κ2) is 6.23. The predicted octanol–water partition coefficient (Wildman–Crippen LogP) is 1.98. The van der Waals surface area contributed by atoms with Crippen LogP contribution in [0.2, 0.25) is 5.02 Å². The van der Waals surface area contributed by atoms with Crippen LogP contribution in [0.15, 0.2) is 23.1 Å². The van der Waals surface area contributed by atoms with Gasteiger partial charge in [-0.15, -0.1) is 0 Å². The van der Waals surface area contributed by atoms with E-state index < -0.39 is 10.8 Å². The molecule has 1 atom stereocenters. The Morgan fingerprint density at radius 2 is 2.12 bits per heavy atom. The van der Waals surface area contributed by atoms with Gasteiger partial charge in [-0.05, 0) is 45.3 Å². The standard InChI is InChI=1S/C11H17ClN2OS/c1-14(2)6-3-7-16(15)11-5-4-9(13)8-10(11)12/h4-5,8H,3,6-7,13H2,1-2H3. The fourth-order valence-electron chi connectivity index (χ4n) is 1.32. The highest BCUT2D eigenvalue weighted by atomic mass is 35.5. The van der Waals surface area contributed by atoms with Gasteiger partial charge in [0, 0.05) is 11.4 Å².